The zero-order valence-electron chi connectivity index (χ0n) is 18.3. The minimum Gasteiger partial charge on any atom is -0.268 e. The molecule has 1 heterocycles. The first-order chi connectivity index (χ1) is 16.5. The van der Waals surface area contributed by atoms with Gasteiger partial charge in [0.25, 0.3) is 5.91 Å². The molecule has 0 saturated carbocycles. The van der Waals surface area contributed by atoms with E-state index in [0.717, 1.165) is 21.8 Å². The molecule has 1 amide bonds. The van der Waals surface area contributed by atoms with Crippen molar-refractivity contribution in [2.24, 2.45) is 0 Å². The maximum absolute atomic E-state index is 14.0. The van der Waals surface area contributed by atoms with Crippen LogP contribution >= 0.6 is 46.1 Å². The molecule has 0 unspecified atom stereocenters. The van der Waals surface area contributed by atoms with Crippen molar-refractivity contribution in [3.05, 3.63) is 98.1 Å². The number of hydrogen-bond acceptors (Lipinski definition) is 3. The number of benzene rings is 3. The Bertz CT molecular complexity index is 1420. The van der Waals surface area contributed by atoms with Crippen LogP contribution in [-0.2, 0) is 6.18 Å². The van der Waals surface area contributed by atoms with E-state index in [4.69, 9.17) is 34.8 Å². The molecular weight excluding hydrogens is 540 g/mol. The number of anilines is 2. The van der Waals surface area contributed by atoms with Crippen LogP contribution in [0.3, 0.4) is 0 Å². The molecule has 3 nitrogen and oxygen atoms in total. The summed E-state index contributed by atoms with van der Waals surface area (Å²) in [5.41, 5.74) is 1.26. The number of aromatic nitrogens is 1. The molecule has 3 aromatic carbocycles. The van der Waals surface area contributed by atoms with Crippen molar-refractivity contribution in [2.45, 2.75) is 20.0 Å². The Kier molecular flexibility index (Phi) is 7.16. The molecule has 0 aliphatic rings. The van der Waals surface area contributed by atoms with Gasteiger partial charge in [-0.2, -0.15) is 13.2 Å². The van der Waals surface area contributed by atoms with Gasteiger partial charge in [-0.05, 0) is 61.4 Å². The fourth-order valence-corrected chi connectivity index (χ4v) is 5.25. The molecule has 4 aromatic rings. The lowest BCUT2D eigenvalue weighted by Gasteiger charge is -2.23. The van der Waals surface area contributed by atoms with Crippen LogP contribution in [0, 0.1) is 13.8 Å². The highest BCUT2D eigenvalue weighted by atomic mass is 35.5. The van der Waals surface area contributed by atoms with Crippen molar-refractivity contribution in [1.29, 1.82) is 0 Å². The molecule has 0 fully saturated rings. The summed E-state index contributed by atoms with van der Waals surface area (Å²) >= 11 is 18.9. The number of rotatable bonds is 4. The Balaban J connectivity index is 1.95. The minimum atomic E-state index is -4.75. The maximum atomic E-state index is 14.0. The monoisotopic (exact) mass is 554 g/mol. The molecule has 10 heteroatoms. The smallest absolute Gasteiger partial charge is 0.268 e. The van der Waals surface area contributed by atoms with Crippen LogP contribution in [0.2, 0.25) is 15.1 Å². The average molecular weight is 556 g/mol. The molecule has 35 heavy (non-hydrogen) atoms. The van der Waals surface area contributed by atoms with Crippen LogP contribution in [0.25, 0.3) is 10.4 Å². The molecule has 0 spiro atoms. The fourth-order valence-electron chi connectivity index (χ4n) is 3.53. The van der Waals surface area contributed by atoms with Crippen molar-refractivity contribution in [3.8, 4) is 10.4 Å². The molecule has 0 aliphatic carbocycles. The van der Waals surface area contributed by atoms with Crippen LogP contribution in [0.4, 0.5) is 24.0 Å². The van der Waals surface area contributed by atoms with Crippen LogP contribution < -0.4 is 4.90 Å². The lowest BCUT2D eigenvalue weighted by molar-refractivity contribution is -0.140. The Morgan fingerprint density at radius 2 is 1.57 bits per heavy atom. The predicted molar refractivity (Wildman–Crippen MR) is 136 cm³/mol. The van der Waals surface area contributed by atoms with Gasteiger partial charge >= 0.3 is 6.18 Å². The zero-order chi connectivity index (χ0) is 25.5. The number of amides is 1. The van der Waals surface area contributed by atoms with E-state index >= 15 is 0 Å². The molecule has 0 radical (unpaired) electrons. The average Bonchev–Trinajstić information content (AvgIpc) is 3.21. The van der Waals surface area contributed by atoms with Gasteiger partial charge < -0.3 is 0 Å². The lowest BCUT2D eigenvalue weighted by Crippen LogP contribution is -2.27. The molecule has 0 aliphatic heterocycles. The van der Waals surface area contributed by atoms with E-state index in [1.54, 1.807) is 19.1 Å². The number of aryl methyl sites for hydroxylation is 2. The third-order valence-electron chi connectivity index (χ3n) is 5.14. The predicted octanol–water partition coefficient (Wildman–Crippen LogP) is 9.38. The second-order valence-corrected chi connectivity index (χ2v) is 9.99. The molecular formula is C25H16Cl3F3N2OS. The number of carbonyl (C=O) groups excluding carboxylic acids is 1. The SMILES string of the molecule is Cc1ccc(N(C(=O)c2ccc(Cl)cc2Cl)c2nc(C(F)(F)F)c(-c3ccc(Cl)cc3)s2)c(C)c1. The van der Waals surface area contributed by atoms with Crippen LogP contribution in [-0.4, -0.2) is 10.9 Å². The summed E-state index contributed by atoms with van der Waals surface area (Å²) in [6, 6.07) is 15.5. The molecule has 0 N–H and O–H groups in total. The van der Waals surface area contributed by atoms with Gasteiger partial charge in [-0.1, -0.05) is 76.0 Å². The molecule has 0 bridgehead atoms. The van der Waals surface area contributed by atoms with Crippen molar-refractivity contribution < 1.29 is 18.0 Å². The molecule has 0 atom stereocenters. The number of hydrogen-bond donors (Lipinski definition) is 0. The third kappa shape index (κ3) is 5.33. The lowest BCUT2D eigenvalue weighted by atomic mass is 10.1. The van der Waals surface area contributed by atoms with Gasteiger partial charge in [-0.15, -0.1) is 0 Å². The van der Waals surface area contributed by atoms with Crippen LogP contribution in [0.5, 0.6) is 0 Å². The Labute approximate surface area is 218 Å². The fraction of sp³-hybridized carbons (Fsp3) is 0.120. The second kappa shape index (κ2) is 9.82. The van der Waals surface area contributed by atoms with Gasteiger partial charge in [0.05, 0.1) is 21.2 Å². The summed E-state index contributed by atoms with van der Waals surface area (Å²) < 4.78 is 42.1. The van der Waals surface area contributed by atoms with E-state index in [9.17, 15) is 18.0 Å². The van der Waals surface area contributed by atoms with Gasteiger partial charge in [0.2, 0.25) is 0 Å². The highest BCUT2D eigenvalue weighted by Gasteiger charge is 2.39. The summed E-state index contributed by atoms with van der Waals surface area (Å²) in [6.45, 7) is 3.65. The Morgan fingerprint density at radius 1 is 0.914 bits per heavy atom. The van der Waals surface area contributed by atoms with E-state index in [1.165, 1.54) is 42.5 Å². The second-order valence-electron chi connectivity index (χ2n) is 7.73. The molecule has 0 saturated heterocycles. The van der Waals surface area contributed by atoms with Crippen molar-refractivity contribution in [1.82, 2.24) is 4.98 Å². The Hall–Kier alpha value is -2.58. The maximum Gasteiger partial charge on any atom is 0.434 e. The first-order valence-electron chi connectivity index (χ1n) is 10.2. The number of thiazole rings is 1. The standard InChI is InChI=1S/C25H16Cl3F3N2OS/c1-13-3-10-20(14(2)11-13)33(23(34)18-9-8-17(27)12-19(18)28)24-32-22(25(29,30)31)21(35-24)15-4-6-16(26)7-5-15/h3-12H,1-2H3. The van der Waals surface area contributed by atoms with Gasteiger partial charge in [0.15, 0.2) is 10.8 Å². The van der Waals surface area contributed by atoms with Crippen molar-refractivity contribution in [3.63, 3.8) is 0 Å². The van der Waals surface area contributed by atoms with E-state index in [0.29, 0.717) is 21.3 Å². The van der Waals surface area contributed by atoms with Crippen molar-refractivity contribution in [2.75, 3.05) is 4.90 Å². The number of alkyl halides is 3. The summed E-state index contributed by atoms with van der Waals surface area (Å²) in [5.74, 6) is -0.635. The number of nitrogens with zero attached hydrogens (tertiary/aromatic N) is 2. The van der Waals surface area contributed by atoms with E-state index in [2.05, 4.69) is 4.98 Å². The third-order valence-corrected chi connectivity index (χ3v) is 7.03. The summed E-state index contributed by atoms with van der Waals surface area (Å²) in [4.78, 5) is 18.7. The first kappa shape index (κ1) is 25.5. The molecule has 1 aromatic heterocycles. The summed E-state index contributed by atoms with van der Waals surface area (Å²) in [5, 5.41) is 0.632. The molecule has 180 valence electrons. The normalized spacial score (nSPS) is 11.5. The summed E-state index contributed by atoms with van der Waals surface area (Å²) in [6.07, 6.45) is -4.75. The van der Waals surface area contributed by atoms with Crippen LogP contribution in [0.15, 0.2) is 60.7 Å². The number of halogens is 6. The van der Waals surface area contributed by atoms with Gasteiger partial charge in [-0.25, -0.2) is 4.98 Å². The zero-order valence-corrected chi connectivity index (χ0v) is 21.3. The van der Waals surface area contributed by atoms with Gasteiger partial charge in [-0.3, -0.25) is 9.69 Å². The highest BCUT2D eigenvalue weighted by Crippen LogP contribution is 2.45. The van der Waals surface area contributed by atoms with E-state index < -0.39 is 17.8 Å². The topological polar surface area (TPSA) is 33.2 Å². The Morgan fingerprint density at radius 3 is 2.17 bits per heavy atom. The summed E-state index contributed by atoms with van der Waals surface area (Å²) in [7, 11) is 0. The van der Waals surface area contributed by atoms with Crippen LogP contribution in [0.1, 0.15) is 27.2 Å². The van der Waals surface area contributed by atoms with E-state index in [-0.39, 0.29) is 26.2 Å². The molecule has 4 rings (SSSR count). The highest BCUT2D eigenvalue weighted by molar-refractivity contribution is 7.19. The van der Waals surface area contributed by atoms with Gasteiger partial charge in [0, 0.05) is 10.0 Å². The minimum absolute atomic E-state index is 0.0720. The first-order valence-corrected chi connectivity index (χ1v) is 12.1. The number of carbonyl (C=O) groups is 1. The largest absolute Gasteiger partial charge is 0.434 e. The van der Waals surface area contributed by atoms with E-state index in [1.807, 2.05) is 13.0 Å². The van der Waals surface area contributed by atoms with Gasteiger partial charge in [0.1, 0.15) is 0 Å². The quantitative estimate of drug-likeness (QED) is 0.251. The van der Waals surface area contributed by atoms with Crippen molar-refractivity contribution >= 4 is 62.9 Å².